The van der Waals surface area contributed by atoms with Crippen LogP contribution in [-0.4, -0.2) is 33.0 Å². The lowest BCUT2D eigenvalue weighted by atomic mass is 10.1. The van der Waals surface area contributed by atoms with Gasteiger partial charge >= 0.3 is 0 Å². The van der Waals surface area contributed by atoms with Crippen molar-refractivity contribution in [3.63, 3.8) is 0 Å². The second-order valence-corrected chi connectivity index (χ2v) is 4.44. The Labute approximate surface area is 118 Å². The zero-order valence-electron chi connectivity index (χ0n) is 10.5. The lowest BCUT2D eigenvalue weighted by Gasteiger charge is -2.12. The van der Waals surface area contributed by atoms with Crippen molar-refractivity contribution in [3.8, 4) is 0 Å². The predicted octanol–water partition coefficient (Wildman–Crippen LogP) is 0.927. The third-order valence-electron chi connectivity index (χ3n) is 3.25. The van der Waals surface area contributed by atoms with Crippen molar-refractivity contribution in [2.24, 2.45) is 0 Å². The predicted molar refractivity (Wildman–Crippen MR) is 74.3 cm³/mol. The van der Waals surface area contributed by atoms with Crippen molar-refractivity contribution < 1.29 is 5.11 Å². The highest BCUT2D eigenvalue weighted by Crippen LogP contribution is 2.21. The Bertz CT molecular complexity index is 529. The fourth-order valence-corrected chi connectivity index (χ4v) is 2.28. The molecular weight excluding hydrogens is 264 g/mol. The van der Waals surface area contributed by atoms with Crippen LogP contribution in [-0.2, 0) is 13.0 Å². The van der Waals surface area contributed by atoms with Gasteiger partial charge in [0.25, 0.3) is 0 Å². The minimum atomic E-state index is -0.703. The minimum Gasteiger partial charge on any atom is -0.380 e. The summed E-state index contributed by atoms with van der Waals surface area (Å²) in [4.78, 5) is 0. The molecule has 5 nitrogen and oxygen atoms in total. The molecule has 0 amide bonds. The van der Waals surface area contributed by atoms with Crippen molar-refractivity contribution in [3.05, 3.63) is 47.5 Å². The number of aromatic nitrogens is 3. The molecule has 1 aliphatic rings. The molecule has 2 aromatic rings. The number of aliphatic hydroxyl groups excluding tert-OH is 1. The van der Waals surface area contributed by atoms with E-state index in [1.54, 1.807) is 0 Å². The lowest BCUT2D eigenvalue weighted by Crippen LogP contribution is -2.19. The molecule has 0 bridgehead atoms. The Hall–Kier alpha value is -1.43. The number of nitrogens with zero attached hydrogens (tertiary/aromatic N) is 3. The highest BCUT2D eigenvalue weighted by Gasteiger charge is 2.21. The van der Waals surface area contributed by atoms with E-state index in [1.807, 2.05) is 34.9 Å². The Kier molecular flexibility index (Phi) is 4.52. The van der Waals surface area contributed by atoms with Gasteiger partial charge < -0.3 is 15.0 Å². The molecule has 102 valence electrons. The number of hydrogen-bond donors (Lipinski definition) is 2. The molecule has 1 aromatic heterocycles. The maximum atomic E-state index is 10.4. The summed E-state index contributed by atoms with van der Waals surface area (Å²) in [6, 6.07) is 9.58. The fourth-order valence-electron chi connectivity index (χ4n) is 2.28. The number of halogens is 1. The van der Waals surface area contributed by atoms with Crippen LogP contribution in [0.1, 0.15) is 23.3 Å². The number of aliphatic hydroxyl groups is 1. The summed E-state index contributed by atoms with van der Waals surface area (Å²) in [6.07, 6.45) is 0.152. The van der Waals surface area contributed by atoms with Crippen molar-refractivity contribution in [1.29, 1.82) is 0 Å². The normalized spacial score (nSPS) is 16.1. The topological polar surface area (TPSA) is 63.0 Å². The summed E-state index contributed by atoms with van der Waals surface area (Å²) in [5, 5.41) is 22.0. The molecule has 1 aromatic carbocycles. The Morgan fingerprint density at radius 3 is 2.74 bits per heavy atom. The summed E-state index contributed by atoms with van der Waals surface area (Å²) < 4.78 is 2.03. The first-order chi connectivity index (χ1) is 8.86. The summed E-state index contributed by atoms with van der Waals surface area (Å²) in [6.45, 7) is 2.61. The van der Waals surface area contributed by atoms with Gasteiger partial charge in [0.15, 0.2) is 5.82 Å². The third kappa shape index (κ3) is 2.78. The van der Waals surface area contributed by atoms with E-state index in [9.17, 15) is 5.11 Å². The van der Waals surface area contributed by atoms with E-state index in [2.05, 4.69) is 15.5 Å². The average Bonchev–Trinajstić information content (AvgIpc) is 2.68. The van der Waals surface area contributed by atoms with Crippen LogP contribution in [0.5, 0.6) is 0 Å². The maximum absolute atomic E-state index is 10.4. The zero-order valence-corrected chi connectivity index (χ0v) is 11.3. The van der Waals surface area contributed by atoms with Crippen LogP contribution in [0.3, 0.4) is 0 Å². The van der Waals surface area contributed by atoms with Crippen molar-refractivity contribution in [1.82, 2.24) is 20.1 Å². The first kappa shape index (κ1) is 14.0. The second-order valence-electron chi connectivity index (χ2n) is 4.44. The minimum absolute atomic E-state index is 0. The molecule has 0 radical (unpaired) electrons. The number of hydrogen-bond acceptors (Lipinski definition) is 4. The largest absolute Gasteiger partial charge is 0.380 e. The lowest BCUT2D eigenvalue weighted by molar-refractivity contribution is 0.204. The van der Waals surface area contributed by atoms with Gasteiger partial charge in [-0.05, 0) is 5.56 Å². The number of fused-ring (bicyclic) bond motifs is 1. The molecular formula is C13H17ClN4O. The van der Waals surface area contributed by atoms with Gasteiger partial charge in [-0.1, -0.05) is 30.3 Å². The van der Waals surface area contributed by atoms with Crippen LogP contribution in [0.25, 0.3) is 0 Å². The van der Waals surface area contributed by atoms with E-state index in [4.69, 9.17) is 0 Å². The van der Waals surface area contributed by atoms with E-state index >= 15 is 0 Å². The average molecular weight is 281 g/mol. The molecule has 0 fully saturated rings. The summed E-state index contributed by atoms with van der Waals surface area (Å²) in [7, 11) is 0. The first-order valence-electron chi connectivity index (χ1n) is 6.22. The molecule has 3 rings (SSSR count). The third-order valence-corrected chi connectivity index (χ3v) is 3.25. The van der Waals surface area contributed by atoms with Crippen LogP contribution in [0.2, 0.25) is 0 Å². The molecule has 2 N–H and O–H groups in total. The van der Waals surface area contributed by atoms with Crippen LogP contribution in [0.15, 0.2) is 30.3 Å². The van der Waals surface area contributed by atoms with Gasteiger partial charge in [0.2, 0.25) is 0 Å². The smallest absolute Gasteiger partial charge is 0.166 e. The molecule has 0 spiro atoms. The highest BCUT2D eigenvalue weighted by molar-refractivity contribution is 5.85. The van der Waals surface area contributed by atoms with Crippen molar-refractivity contribution >= 4 is 12.4 Å². The van der Waals surface area contributed by atoms with Gasteiger partial charge in [-0.3, -0.25) is 0 Å². The number of rotatable bonds is 2. The van der Waals surface area contributed by atoms with Crippen LogP contribution >= 0.6 is 12.4 Å². The maximum Gasteiger partial charge on any atom is 0.166 e. The van der Waals surface area contributed by atoms with Gasteiger partial charge in [0, 0.05) is 26.1 Å². The zero-order chi connectivity index (χ0) is 12.4. The van der Waals surface area contributed by atoms with Crippen LogP contribution in [0.4, 0.5) is 0 Å². The molecule has 1 aliphatic heterocycles. The van der Waals surface area contributed by atoms with Gasteiger partial charge in [0.1, 0.15) is 11.9 Å². The molecule has 1 unspecified atom stereocenters. The van der Waals surface area contributed by atoms with E-state index in [0.717, 1.165) is 37.4 Å². The standard InChI is InChI=1S/C13H16N4O.ClH/c18-12(10-4-2-1-3-5-10)13-16-15-11-6-7-14-8-9-17(11)13;/h1-5,12,14,18H,6-9H2;1H. The van der Waals surface area contributed by atoms with Crippen LogP contribution in [0, 0.1) is 0 Å². The van der Waals surface area contributed by atoms with Crippen molar-refractivity contribution in [2.75, 3.05) is 13.1 Å². The second kappa shape index (κ2) is 6.14. The Balaban J connectivity index is 0.00000133. The van der Waals surface area contributed by atoms with E-state index < -0.39 is 6.10 Å². The van der Waals surface area contributed by atoms with E-state index in [0.29, 0.717) is 5.82 Å². The monoisotopic (exact) mass is 280 g/mol. The van der Waals surface area contributed by atoms with E-state index in [1.165, 1.54) is 0 Å². The first-order valence-corrected chi connectivity index (χ1v) is 6.22. The molecule has 2 heterocycles. The van der Waals surface area contributed by atoms with Gasteiger partial charge in [-0.25, -0.2) is 0 Å². The van der Waals surface area contributed by atoms with Gasteiger partial charge in [0.05, 0.1) is 0 Å². The van der Waals surface area contributed by atoms with E-state index in [-0.39, 0.29) is 12.4 Å². The fraction of sp³-hybridized carbons (Fsp3) is 0.385. The van der Waals surface area contributed by atoms with Gasteiger partial charge in [-0.15, -0.1) is 22.6 Å². The molecule has 6 heteroatoms. The number of nitrogens with one attached hydrogen (secondary N) is 1. The van der Waals surface area contributed by atoms with Crippen molar-refractivity contribution in [2.45, 2.75) is 19.1 Å². The highest BCUT2D eigenvalue weighted by atomic mass is 35.5. The summed E-state index contributed by atoms with van der Waals surface area (Å²) in [5.41, 5.74) is 0.852. The quantitative estimate of drug-likeness (QED) is 0.859. The molecule has 1 atom stereocenters. The summed E-state index contributed by atoms with van der Waals surface area (Å²) in [5.74, 6) is 1.59. The Morgan fingerprint density at radius 2 is 1.95 bits per heavy atom. The Morgan fingerprint density at radius 1 is 1.16 bits per heavy atom. The molecule has 19 heavy (non-hydrogen) atoms. The molecule has 0 saturated carbocycles. The van der Waals surface area contributed by atoms with Crippen LogP contribution < -0.4 is 5.32 Å². The molecule has 0 aliphatic carbocycles. The summed E-state index contributed by atoms with van der Waals surface area (Å²) >= 11 is 0. The SMILES string of the molecule is Cl.OC(c1ccccc1)c1nnc2n1CCNCC2. The number of benzene rings is 1. The molecule has 0 saturated heterocycles. The van der Waals surface area contributed by atoms with Gasteiger partial charge in [-0.2, -0.15) is 0 Å².